The van der Waals surface area contributed by atoms with Gasteiger partial charge in [0, 0.05) is 5.70 Å². The van der Waals surface area contributed by atoms with E-state index < -0.39 is 23.1 Å². The van der Waals surface area contributed by atoms with Gasteiger partial charge in [-0.05, 0) is 13.8 Å². The molecule has 0 radical (unpaired) electrons. The minimum atomic E-state index is -1.10. The van der Waals surface area contributed by atoms with Crippen molar-refractivity contribution in [2.24, 2.45) is 0 Å². The zero-order valence-corrected chi connectivity index (χ0v) is 7.58. The first-order chi connectivity index (χ1) is 5.86. The average molecular weight is 187 g/mol. The molecular weight excluding hydrogens is 176 g/mol. The van der Waals surface area contributed by atoms with Crippen molar-refractivity contribution < 1.29 is 13.6 Å². The highest BCUT2D eigenvalue weighted by molar-refractivity contribution is 5.98. The van der Waals surface area contributed by atoms with Gasteiger partial charge >= 0.3 is 0 Å². The van der Waals surface area contributed by atoms with E-state index in [1.54, 1.807) is 0 Å². The Morgan fingerprint density at radius 2 is 1.69 bits per heavy atom. The van der Waals surface area contributed by atoms with Crippen LogP contribution in [-0.4, -0.2) is 5.91 Å². The Morgan fingerprint density at radius 3 is 1.92 bits per heavy atom. The van der Waals surface area contributed by atoms with E-state index in [0.29, 0.717) is 5.70 Å². The topological polar surface area (TPSA) is 29.1 Å². The van der Waals surface area contributed by atoms with E-state index in [4.69, 9.17) is 0 Å². The molecule has 4 heteroatoms. The molecule has 0 spiro atoms. The molecule has 0 unspecified atom stereocenters. The zero-order valence-electron chi connectivity index (χ0n) is 7.58. The van der Waals surface area contributed by atoms with Crippen LogP contribution in [0.4, 0.5) is 8.78 Å². The number of amides is 1. The number of rotatable bonds is 3. The number of halogens is 2. The summed E-state index contributed by atoms with van der Waals surface area (Å²) in [6.07, 6.45) is 0. The van der Waals surface area contributed by atoms with Crippen LogP contribution >= 0.6 is 0 Å². The van der Waals surface area contributed by atoms with E-state index in [-0.39, 0.29) is 0 Å². The van der Waals surface area contributed by atoms with Crippen molar-refractivity contribution in [3.05, 3.63) is 36.1 Å². The molecule has 13 heavy (non-hydrogen) atoms. The largest absolute Gasteiger partial charge is 0.326 e. The number of hydrogen-bond acceptors (Lipinski definition) is 1. The lowest BCUT2D eigenvalue weighted by atomic mass is 10.2. The van der Waals surface area contributed by atoms with Gasteiger partial charge in [-0.1, -0.05) is 13.2 Å². The van der Waals surface area contributed by atoms with Crippen molar-refractivity contribution >= 4 is 5.91 Å². The summed E-state index contributed by atoms with van der Waals surface area (Å²) in [6, 6.07) is 0. The molecule has 0 aliphatic rings. The monoisotopic (exact) mass is 187 g/mol. The smallest absolute Gasteiger partial charge is 0.260 e. The Bertz CT molecular complexity index is 288. The molecule has 0 aliphatic heterocycles. The van der Waals surface area contributed by atoms with E-state index in [9.17, 15) is 13.6 Å². The molecule has 0 aromatic rings. The highest BCUT2D eigenvalue weighted by atomic mass is 19.1. The van der Waals surface area contributed by atoms with Crippen LogP contribution in [0.15, 0.2) is 36.1 Å². The molecule has 1 N–H and O–H groups in total. The highest BCUT2D eigenvalue weighted by Crippen LogP contribution is 2.15. The molecular formula is C9H11F2NO. The van der Waals surface area contributed by atoms with Crippen molar-refractivity contribution in [2.45, 2.75) is 13.8 Å². The van der Waals surface area contributed by atoms with Gasteiger partial charge < -0.3 is 5.32 Å². The van der Waals surface area contributed by atoms with E-state index >= 15 is 0 Å². The van der Waals surface area contributed by atoms with Gasteiger partial charge in [0.25, 0.3) is 5.91 Å². The van der Waals surface area contributed by atoms with Gasteiger partial charge in [0.2, 0.25) is 0 Å². The van der Waals surface area contributed by atoms with Crippen LogP contribution in [-0.2, 0) is 4.79 Å². The normalized spacial score (nSPS) is 11.7. The van der Waals surface area contributed by atoms with Crippen LogP contribution in [0.1, 0.15) is 13.8 Å². The quantitative estimate of drug-likeness (QED) is 0.533. The third-order valence-corrected chi connectivity index (χ3v) is 1.17. The summed E-state index contributed by atoms with van der Waals surface area (Å²) in [5.74, 6) is -2.88. The molecule has 0 saturated heterocycles. The Kier molecular flexibility index (Phi) is 4.04. The SMILES string of the molecule is C=C(C)NC(=O)/C(C(=C)F)=C(/C)F. The van der Waals surface area contributed by atoms with Gasteiger partial charge in [0.05, 0.1) is 0 Å². The number of nitrogens with one attached hydrogen (secondary N) is 1. The summed E-state index contributed by atoms with van der Waals surface area (Å²) in [5, 5.41) is 2.17. The van der Waals surface area contributed by atoms with Crippen molar-refractivity contribution in [3.63, 3.8) is 0 Å². The fourth-order valence-corrected chi connectivity index (χ4v) is 0.723. The van der Waals surface area contributed by atoms with Crippen molar-refractivity contribution in [3.8, 4) is 0 Å². The maximum absolute atomic E-state index is 12.6. The maximum atomic E-state index is 12.6. The molecule has 0 atom stereocenters. The predicted octanol–water partition coefficient (Wildman–Crippen LogP) is 2.36. The highest BCUT2D eigenvalue weighted by Gasteiger charge is 2.16. The van der Waals surface area contributed by atoms with Gasteiger partial charge in [-0.3, -0.25) is 4.79 Å². The lowest BCUT2D eigenvalue weighted by Crippen LogP contribution is -2.23. The second-order valence-corrected chi connectivity index (χ2v) is 2.55. The van der Waals surface area contributed by atoms with E-state index in [2.05, 4.69) is 18.5 Å². The number of carbonyl (C=O) groups is 1. The van der Waals surface area contributed by atoms with E-state index in [1.807, 2.05) is 0 Å². The summed E-state index contributed by atoms with van der Waals surface area (Å²) in [5.41, 5.74) is -0.368. The van der Waals surface area contributed by atoms with Crippen LogP contribution in [0.3, 0.4) is 0 Å². The fraction of sp³-hybridized carbons (Fsp3) is 0.222. The Balaban J connectivity index is 4.80. The lowest BCUT2D eigenvalue weighted by Gasteiger charge is -2.05. The summed E-state index contributed by atoms with van der Waals surface area (Å²) >= 11 is 0. The molecule has 0 aliphatic carbocycles. The minimum absolute atomic E-state index is 0.310. The number of hydrogen-bond donors (Lipinski definition) is 1. The summed E-state index contributed by atoms with van der Waals surface area (Å²) in [7, 11) is 0. The second kappa shape index (κ2) is 4.54. The van der Waals surface area contributed by atoms with Crippen LogP contribution in [0, 0.1) is 0 Å². The summed E-state index contributed by atoms with van der Waals surface area (Å²) < 4.78 is 25.1. The van der Waals surface area contributed by atoms with Crippen LogP contribution in [0.5, 0.6) is 0 Å². The van der Waals surface area contributed by atoms with Gasteiger partial charge in [-0.15, -0.1) is 0 Å². The molecule has 0 saturated carbocycles. The number of allylic oxidation sites excluding steroid dienone is 2. The van der Waals surface area contributed by atoms with Crippen molar-refractivity contribution in [1.29, 1.82) is 0 Å². The lowest BCUT2D eigenvalue weighted by molar-refractivity contribution is -0.116. The van der Waals surface area contributed by atoms with Crippen molar-refractivity contribution in [2.75, 3.05) is 0 Å². The van der Waals surface area contributed by atoms with Gasteiger partial charge in [0.1, 0.15) is 17.2 Å². The molecule has 0 rings (SSSR count). The van der Waals surface area contributed by atoms with Crippen LogP contribution in [0.25, 0.3) is 0 Å². The molecule has 0 bridgehead atoms. The van der Waals surface area contributed by atoms with Crippen LogP contribution < -0.4 is 5.32 Å². The Morgan fingerprint density at radius 1 is 1.23 bits per heavy atom. The molecule has 1 amide bonds. The second-order valence-electron chi connectivity index (χ2n) is 2.55. The van der Waals surface area contributed by atoms with Crippen LogP contribution in [0.2, 0.25) is 0 Å². The molecule has 0 aromatic carbocycles. The third-order valence-electron chi connectivity index (χ3n) is 1.17. The van der Waals surface area contributed by atoms with Gasteiger partial charge in [-0.2, -0.15) is 0 Å². The van der Waals surface area contributed by atoms with Gasteiger partial charge in [-0.25, -0.2) is 8.78 Å². The Labute approximate surface area is 75.6 Å². The molecule has 0 fully saturated rings. The summed E-state index contributed by atoms with van der Waals surface area (Å²) in [6.45, 7) is 8.71. The molecule has 0 heterocycles. The first-order valence-electron chi connectivity index (χ1n) is 3.54. The summed E-state index contributed by atoms with van der Waals surface area (Å²) in [4.78, 5) is 11.1. The zero-order chi connectivity index (χ0) is 10.6. The molecule has 0 aromatic heterocycles. The predicted molar refractivity (Wildman–Crippen MR) is 47.0 cm³/mol. The standard InChI is InChI=1S/C9H11F2NO/c1-5(2)12-9(13)8(6(3)10)7(4)11/h1,3H2,2,4H3,(H,12,13)/b8-7-. The Hall–Kier alpha value is -1.45. The first-order valence-corrected chi connectivity index (χ1v) is 3.54. The number of carbonyl (C=O) groups excluding carboxylic acids is 1. The van der Waals surface area contributed by atoms with E-state index in [1.165, 1.54) is 6.92 Å². The van der Waals surface area contributed by atoms with Crippen molar-refractivity contribution in [1.82, 2.24) is 5.32 Å². The average Bonchev–Trinajstić information content (AvgIpc) is 1.81. The van der Waals surface area contributed by atoms with Gasteiger partial charge in [0.15, 0.2) is 0 Å². The van der Waals surface area contributed by atoms with E-state index in [0.717, 1.165) is 6.92 Å². The first kappa shape index (κ1) is 11.5. The fourth-order valence-electron chi connectivity index (χ4n) is 0.723. The minimum Gasteiger partial charge on any atom is -0.326 e. The molecule has 72 valence electrons. The maximum Gasteiger partial charge on any atom is 0.260 e. The molecule has 2 nitrogen and oxygen atoms in total. The third kappa shape index (κ3) is 3.64.